The molecule has 0 aliphatic carbocycles. The molecular formula is C34H41N3O5. The van der Waals surface area contributed by atoms with Gasteiger partial charge in [-0.1, -0.05) is 36.4 Å². The van der Waals surface area contributed by atoms with Crippen LogP contribution in [0.15, 0.2) is 54.6 Å². The number of carbonyl (C=O) groups is 1. The van der Waals surface area contributed by atoms with Gasteiger partial charge in [-0.3, -0.25) is 9.69 Å². The highest BCUT2D eigenvalue weighted by atomic mass is 16.5. The van der Waals surface area contributed by atoms with Crippen LogP contribution in [0, 0.1) is 12.8 Å². The van der Waals surface area contributed by atoms with Crippen molar-refractivity contribution in [3.63, 3.8) is 0 Å². The number of anilines is 1. The van der Waals surface area contributed by atoms with Crippen LogP contribution in [0.3, 0.4) is 0 Å². The Morgan fingerprint density at radius 3 is 2.69 bits per heavy atom. The minimum atomic E-state index is -0.805. The summed E-state index contributed by atoms with van der Waals surface area (Å²) < 4.78 is 17.6. The monoisotopic (exact) mass is 571 g/mol. The third kappa shape index (κ3) is 6.16. The first-order valence-electron chi connectivity index (χ1n) is 15.1. The lowest BCUT2D eigenvalue weighted by atomic mass is 9.94. The number of para-hydroxylation sites is 1. The van der Waals surface area contributed by atoms with Crippen molar-refractivity contribution in [2.24, 2.45) is 5.92 Å². The van der Waals surface area contributed by atoms with Crippen molar-refractivity contribution in [1.29, 1.82) is 0 Å². The zero-order valence-electron chi connectivity index (χ0n) is 24.6. The van der Waals surface area contributed by atoms with Crippen molar-refractivity contribution in [3.05, 3.63) is 76.9 Å². The molecule has 8 nitrogen and oxygen atoms in total. The van der Waals surface area contributed by atoms with E-state index in [0.29, 0.717) is 32.2 Å². The Kier molecular flexibility index (Phi) is 8.74. The molecule has 2 atom stereocenters. The molecule has 2 saturated heterocycles. The van der Waals surface area contributed by atoms with Gasteiger partial charge in [-0.15, -0.1) is 0 Å². The summed E-state index contributed by atoms with van der Waals surface area (Å²) in [6, 6.07) is 19.6. The van der Waals surface area contributed by atoms with Crippen LogP contribution in [0.25, 0.3) is 11.3 Å². The van der Waals surface area contributed by atoms with Crippen LogP contribution in [0.5, 0.6) is 5.75 Å². The minimum Gasteiger partial charge on any atom is -0.488 e. The van der Waals surface area contributed by atoms with Gasteiger partial charge < -0.3 is 24.2 Å². The molecule has 1 N–H and O–H groups in total. The summed E-state index contributed by atoms with van der Waals surface area (Å²) in [5.41, 5.74) is 6.88. The Balaban J connectivity index is 1.16. The molecule has 2 fully saturated rings. The maximum absolute atomic E-state index is 11.6. The van der Waals surface area contributed by atoms with Gasteiger partial charge in [0.1, 0.15) is 18.2 Å². The summed E-state index contributed by atoms with van der Waals surface area (Å²) in [4.78, 5) is 21.4. The predicted octanol–water partition coefficient (Wildman–Crippen LogP) is 5.10. The van der Waals surface area contributed by atoms with Crippen molar-refractivity contribution >= 4 is 11.8 Å². The summed E-state index contributed by atoms with van der Waals surface area (Å²) in [5, 5.41) is 9.56. The predicted molar refractivity (Wildman–Crippen MR) is 162 cm³/mol. The summed E-state index contributed by atoms with van der Waals surface area (Å²) in [5.74, 6) is 0.349. The van der Waals surface area contributed by atoms with E-state index in [1.165, 1.54) is 16.7 Å². The lowest BCUT2D eigenvalue weighted by Crippen LogP contribution is -2.47. The van der Waals surface area contributed by atoms with Gasteiger partial charge in [-0.2, -0.15) is 0 Å². The standard InChI is InChI=1S/C34H41N3O5/c1-23-5-3-6-28(30-7-4-8-32(35-30)37-16-12-29(34(38)39)31(21-37)40-2)33(23)42-22-24-9-10-26-20-36(15-11-25(26)19-24)27-13-17-41-18-14-27/h3-10,19,27,29,31H,11-18,20-22H2,1-2H3,(H,38,39)/t29-,31+/m0/s1. The first-order valence-corrected chi connectivity index (χ1v) is 15.1. The number of pyridine rings is 1. The molecule has 0 saturated carbocycles. The van der Waals surface area contributed by atoms with Crippen LogP contribution in [0.2, 0.25) is 0 Å². The number of fused-ring (bicyclic) bond motifs is 1. The van der Waals surface area contributed by atoms with Crippen LogP contribution in [0.1, 0.15) is 41.5 Å². The summed E-state index contributed by atoms with van der Waals surface area (Å²) in [7, 11) is 1.58. The van der Waals surface area contributed by atoms with Crippen LogP contribution in [0.4, 0.5) is 5.82 Å². The first-order chi connectivity index (χ1) is 20.5. The highest BCUT2D eigenvalue weighted by Crippen LogP contribution is 2.35. The van der Waals surface area contributed by atoms with Gasteiger partial charge in [0.15, 0.2) is 0 Å². The smallest absolute Gasteiger partial charge is 0.309 e. The molecule has 222 valence electrons. The molecule has 2 aromatic carbocycles. The van der Waals surface area contributed by atoms with E-state index in [4.69, 9.17) is 19.2 Å². The van der Waals surface area contributed by atoms with Crippen LogP contribution >= 0.6 is 0 Å². The molecule has 0 spiro atoms. The van der Waals surface area contributed by atoms with Crippen molar-refractivity contribution in [3.8, 4) is 17.0 Å². The highest BCUT2D eigenvalue weighted by molar-refractivity contribution is 5.72. The topological polar surface area (TPSA) is 84.4 Å². The Bertz CT molecular complexity index is 1410. The molecule has 0 bridgehead atoms. The van der Waals surface area contributed by atoms with Gasteiger partial charge in [0.05, 0.1) is 17.7 Å². The number of hydrogen-bond acceptors (Lipinski definition) is 7. The molecule has 0 amide bonds. The largest absolute Gasteiger partial charge is 0.488 e. The third-order valence-corrected chi connectivity index (χ3v) is 9.13. The van der Waals surface area contributed by atoms with E-state index in [1.807, 2.05) is 24.3 Å². The lowest BCUT2D eigenvalue weighted by Gasteiger charge is -2.37. The number of hydrogen-bond donors (Lipinski definition) is 1. The van der Waals surface area contributed by atoms with Gasteiger partial charge >= 0.3 is 5.97 Å². The van der Waals surface area contributed by atoms with Crippen molar-refractivity contribution in [1.82, 2.24) is 9.88 Å². The maximum atomic E-state index is 11.6. The second-order valence-corrected chi connectivity index (χ2v) is 11.7. The molecule has 0 radical (unpaired) electrons. The fraction of sp³-hybridized carbons (Fsp3) is 0.471. The van der Waals surface area contributed by atoms with Crippen LogP contribution < -0.4 is 9.64 Å². The molecule has 4 heterocycles. The quantitative estimate of drug-likeness (QED) is 0.400. The van der Waals surface area contributed by atoms with E-state index in [2.05, 4.69) is 47.1 Å². The molecule has 1 aromatic heterocycles. The van der Waals surface area contributed by atoms with Crippen LogP contribution in [-0.4, -0.2) is 73.1 Å². The van der Waals surface area contributed by atoms with E-state index in [-0.39, 0.29) is 6.10 Å². The Morgan fingerprint density at radius 1 is 1.05 bits per heavy atom. The molecular weight excluding hydrogens is 530 g/mol. The fourth-order valence-corrected chi connectivity index (χ4v) is 6.68. The van der Waals surface area contributed by atoms with Gasteiger partial charge in [0.2, 0.25) is 0 Å². The molecule has 3 aliphatic heterocycles. The number of aryl methyl sites for hydroxylation is 1. The number of ether oxygens (including phenoxy) is 3. The van der Waals surface area contributed by atoms with E-state index in [9.17, 15) is 9.90 Å². The third-order valence-electron chi connectivity index (χ3n) is 9.13. The molecule has 3 aliphatic rings. The summed E-state index contributed by atoms with van der Waals surface area (Å²) in [6.07, 6.45) is 3.48. The Hall–Kier alpha value is -3.46. The second-order valence-electron chi connectivity index (χ2n) is 11.7. The zero-order chi connectivity index (χ0) is 29.1. The molecule has 6 rings (SSSR count). The van der Waals surface area contributed by atoms with Gasteiger partial charge in [-0.05, 0) is 73.1 Å². The van der Waals surface area contributed by atoms with Gasteiger partial charge in [-0.25, -0.2) is 4.98 Å². The number of methoxy groups -OCH3 is 1. The van der Waals surface area contributed by atoms with E-state index in [1.54, 1.807) is 7.11 Å². The summed E-state index contributed by atoms with van der Waals surface area (Å²) >= 11 is 0. The van der Waals surface area contributed by atoms with E-state index >= 15 is 0 Å². The molecule has 8 heteroatoms. The number of nitrogens with zero attached hydrogens (tertiary/aromatic N) is 3. The van der Waals surface area contributed by atoms with Crippen LogP contribution in [-0.2, 0) is 33.8 Å². The SMILES string of the molecule is CO[C@@H]1CN(c2cccc(-c3cccc(C)c3OCc3ccc4c(c3)CCN(C3CCOCC3)C4)n2)CC[C@@H]1C(=O)O. The number of aromatic nitrogens is 1. The maximum Gasteiger partial charge on any atom is 0.309 e. The normalized spacial score (nSPS) is 21.6. The lowest BCUT2D eigenvalue weighted by molar-refractivity contribution is -0.147. The fourth-order valence-electron chi connectivity index (χ4n) is 6.68. The van der Waals surface area contributed by atoms with Crippen molar-refractivity contribution < 1.29 is 24.1 Å². The van der Waals surface area contributed by atoms with Crippen molar-refractivity contribution in [2.45, 2.75) is 57.9 Å². The van der Waals surface area contributed by atoms with Gasteiger partial charge in [0, 0.05) is 58.1 Å². The average molecular weight is 572 g/mol. The number of benzene rings is 2. The first kappa shape index (κ1) is 28.6. The highest BCUT2D eigenvalue weighted by Gasteiger charge is 2.35. The second kappa shape index (κ2) is 12.8. The number of rotatable bonds is 8. The molecule has 3 aromatic rings. The molecule has 42 heavy (non-hydrogen) atoms. The Labute approximate surface area is 248 Å². The molecule has 0 unspecified atom stereocenters. The number of carboxylic acid groups (broad SMARTS) is 1. The van der Waals surface area contributed by atoms with Crippen molar-refractivity contribution in [2.75, 3.05) is 44.9 Å². The number of aliphatic carboxylic acids is 1. The van der Waals surface area contributed by atoms with E-state index < -0.39 is 11.9 Å². The van der Waals surface area contributed by atoms with E-state index in [0.717, 1.165) is 74.0 Å². The number of carboxylic acids is 1. The zero-order valence-corrected chi connectivity index (χ0v) is 24.6. The number of piperidine rings is 1. The minimum absolute atomic E-state index is 0.374. The summed E-state index contributed by atoms with van der Waals surface area (Å²) in [6.45, 7) is 7.56. The Morgan fingerprint density at radius 2 is 1.88 bits per heavy atom. The van der Waals surface area contributed by atoms with Gasteiger partial charge in [0.25, 0.3) is 0 Å². The average Bonchev–Trinajstić information content (AvgIpc) is 3.03.